The fourth-order valence-corrected chi connectivity index (χ4v) is 9.31. The van der Waals surface area contributed by atoms with Gasteiger partial charge in [0.2, 0.25) is 5.69 Å². The predicted octanol–water partition coefficient (Wildman–Crippen LogP) is 8.00. The van der Waals surface area contributed by atoms with Crippen molar-refractivity contribution >= 4 is 17.1 Å². The molecule has 0 radical (unpaired) electrons. The molecule has 1 atom stereocenters. The Morgan fingerprint density at radius 3 is 2.15 bits per heavy atom. The van der Waals surface area contributed by atoms with Crippen molar-refractivity contribution in [3.8, 4) is 45.3 Å². The fraction of sp³-hybridized carbons (Fsp3) is 0.122. The molecule has 4 aliphatic heterocycles. The van der Waals surface area contributed by atoms with Crippen LogP contribution in [0.25, 0.3) is 33.8 Å². The molecular weight excluding hydrogens is 578 g/mol. The highest BCUT2D eigenvalue weighted by molar-refractivity contribution is 5.97. The van der Waals surface area contributed by atoms with E-state index in [1.165, 1.54) is 73.5 Å². The van der Waals surface area contributed by atoms with E-state index in [0.717, 1.165) is 22.9 Å². The summed E-state index contributed by atoms with van der Waals surface area (Å²) in [4.78, 5) is 2.45. The number of benzene rings is 5. The van der Waals surface area contributed by atoms with E-state index in [1.807, 2.05) is 0 Å². The summed E-state index contributed by atoms with van der Waals surface area (Å²) in [5, 5.41) is 0. The van der Waals surface area contributed by atoms with Crippen LogP contribution in [0.3, 0.4) is 0 Å². The Bertz CT molecular complexity index is 2540. The van der Waals surface area contributed by atoms with Gasteiger partial charge in [-0.2, -0.15) is 4.57 Å². The Balaban J connectivity index is 1.26. The molecule has 0 saturated heterocycles. The van der Waals surface area contributed by atoms with Gasteiger partial charge in [-0.3, -0.25) is 0 Å². The lowest BCUT2D eigenvalue weighted by Gasteiger charge is -2.39. The number of hydrogen-bond donors (Lipinski definition) is 0. The molecule has 224 valence electrons. The van der Waals surface area contributed by atoms with Crippen LogP contribution in [0.5, 0.6) is 11.5 Å². The third-order valence-corrected chi connectivity index (χ3v) is 10.9. The maximum atomic E-state index is 6.70. The van der Waals surface area contributed by atoms with Crippen LogP contribution in [-0.2, 0) is 12.6 Å². The summed E-state index contributed by atoms with van der Waals surface area (Å²) in [6, 6.07) is 41.6. The van der Waals surface area contributed by atoms with Gasteiger partial charge in [0.25, 0.3) is 0 Å². The van der Waals surface area contributed by atoms with Gasteiger partial charge < -0.3 is 9.64 Å². The molecule has 0 saturated carbocycles. The molecule has 2 aromatic heterocycles. The normalized spacial score (nSPS) is 16.7. The zero-order chi connectivity index (χ0) is 31.3. The molecule has 0 bridgehead atoms. The van der Waals surface area contributed by atoms with Crippen LogP contribution in [0.1, 0.15) is 34.0 Å². The Hall–Kier alpha value is -5.88. The summed E-state index contributed by atoms with van der Waals surface area (Å²) in [6.07, 6.45) is 0. The topological polar surface area (TPSA) is 30.1 Å². The van der Waals surface area contributed by atoms with Gasteiger partial charge in [0, 0.05) is 25.5 Å². The number of ether oxygens (including phenoxy) is 1. The molecule has 47 heavy (non-hydrogen) atoms. The molecule has 0 N–H and O–H groups in total. The van der Waals surface area contributed by atoms with Crippen molar-refractivity contribution in [1.29, 1.82) is 0 Å². The lowest BCUT2D eigenvalue weighted by Crippen LogP contribution is -2.64. The standard InChI is InChI=1S/C41H31N5O/c1-24-23-25(2)46-41-36-31(43-26(3)38(42(4)40(41)43)29-19-17-28(18-20-29)27-11-6-5-7-12-27)14-10-15-32(36)44-30-13-8-9-16-34(30)47-35-22-21-33(45(24)46)37(41)39(35)44/h5-23H,1-4H3/q+2. The second-order valence-corrected chi connectivity index (χ2v) is 13.2. The van der Waals surface area contributed by atoms with E-state index in [2.05, 4.69) is 166 Å². The van der Waals surface area contributed by atoms with Crippen molar-refractivity contribution in [2.24, 2.45) is 7.05 Å². The van der Waals surface area contributed by atoms with E-state index in [0.29, 0.717) is 0 Å². The molecule has 0 amide bonds. The van der Waals surface area contributed by atoms with E-state index >= 15 is 0 Å². The second-order valence-electron chi connectivity index (χ2n) is 13.2. The van der Waals surface area contributed by atoms with Crippen LogP contribution in [0, 0.1) is 20.8 Å². The average molecular weight is 610 g/mol. The number of aromatic nitrogens is 4. The monoisotopic (exact) mass is 609 g/mol. The first kappa shape index (κ1) is 25.3. The van der Waals surface area contributed by atoms with Crippen LogP contribution < -0.4 is 18.9 Å². The Morgan fingerprint density at radius 1 is 0.617 bits per heavy atom. The number of fused-ring (bicyclic) bond motifs is 7. The lowest BCUT2D eigenvalue weighted by atomic mass is 9.77. The van der Waals surface area contributed by atoms with Gasteiger partial charge >= 0.3 is 11.4 Å². The van der Waals surface area contributed by atoms with Crippen molar-refractivity contribution in [3.63, 3.8) is 0 Å². The van der Waals surface area contributed by atoms with Crippen molar-refractivity contribution in [2.45, 2.75) is 26.3 Å². The SMILES string of the molecule is Cc1c(-c2ccc(-c3ccccc3)cc2)[n+](C)c2n1-c1cccc3c1C21c2c(ccc4c2N3c2ccccc2O4)-n2c(C)cc(C)[n+]21. The summed E-state index contributed by atoms with van der Waals surface area (Å²) in [7, 11) is 2.25. The largest absolute Gasteiger partial charge is 0.453 e. The van der Waals surface area contributed by atoms with Gasteiger partial charge in [0.1, 0.15) is 28.2 Å². The zero-order valence-corrected chi connectivity index (χ0v) is 26.6. The van der Waals surface area contributed by atoms with Gasteiger partial charge in [-0.1, -0.05) is 65.3 Å². The third-order valence-electron chi connectivity index (χ3n) is 10.9. The fourth-order valence-electron chi connectivity index (χ4n) is 9.31. The summed E-state index contributed by atoms with van der Waals surface area (Å²) in [5.74, 6) is 3.00. The first-order chi connectivity index (χ1) is 23.0. The minimum Gasteiger partial charge on any atom is -0.453 e. The molecule has 0 fully saturated rings. The molecule has 6 heterocycles. The molecular formula is C41H31N5O+2. The van der Waals surface area contributed by atoms with E-state index in [4.69, 9.17) is 4.74 Å². The maximum absolute atomic E-state index is 6.70. The van der Waals surface area contributed by atoms with Crippen LogP contribution in [0.4, 0.5) is 17.1 Å². The summed E-state index contributed by atoms with van der Waals surface area (Å²) < 4.78 is 16.7. The zero-order valence-electron chi connectivity index (χ0n) is 26.6. The van der Waals surface area contributed by atoms with Gasteiger partial charge in [-0.05, 0) is 66.6 Å². The van der Waals surface area contributed by atoms with Crippen LogP contribution in [0.15, 0.2) is 115 Å². The maximum Gasteiger partial charge on any atom is 0.352 e. The predicted molar refractivity (Wildman–Crippen MR) is 182 cm³/mol. The number of rotatable bonds is 2. The van der Waals surface area contributed by atoms with Crippen molar-refractivity contribution in [2.75, 3.05) is 4.90 Å². The highest BCUT2D eigenvalue weighted by Gasteiger charge is 2.73. The number of aryl methyl sites for hydroxylation is 2. The van der Waals surface area contributed by atoms with E-state index < -0.39 is 5.54 Å². The first-order valence-corrected chi connectivity index (χ1v) is 16.3. The molecule has 11 rings (SSSR count). The third kappa shape index (κ3) is 2.73. The number of nitrogens with zero attached hydrogens (tertiary/aromatic N) is 5. The van der Waals surface area contributed by atoms with E-state index in [1.54, 1.807) is 0 Å². The molecule has 7 aromatic rings. The Kier molecular flexibility index (Phi) is 4.46. The smallest absolute Gasteiger partial charge is 0.352 e. The molecule has 5 aromatic carbocycles. The molecule has 4 aliphatic rings. The van der Waals surface area contributed by atoms with Gasteiger partial charge in [-0.15, -0.1) is 4.68 Å². The van der Waals surface area contributed by atoms with Gasteiger partial charge in [0.15, 0.2) is 22.9 Å². The average Bonchev–Trinajstić information content (AvgIpc) is 3.78. The first-order valence-electron chi connectivity index (χ1n) is 16.3. The van der Waals surface area contributed by atoms with Crippen molar-refractivity contribution < 1.29 is 14.0 Å². The molecule has 1 spiro atoms. The number of imidazole rings is 1. The number of para-hydroxylation sites is 2. The minimum atomic E-state index is -0.598. The van der Waals surface area contributed by atoms with E-state index in [-0.39, 0.29) is 0 Å². The highest BCUT2D eigenvalue weighted by atomic mass is 16.5. The number of anilines is 3. The van der Waals surface area contributed by atoms with Crippen molar-refractivity contribution in [1.82, 2.24) is 9.25 Å². The Labute approximate surface area is 272 Å². The summed E-state index contributed by atoms with van der Waals surface area (Å²) in [5.41, 5.74) is 16.3. The quantitative estimate of drug-likeness (QED) is 0.186. The second kappa shape index (κ2) is 8.28. The highest BCUT2D eigenvalue weighted by Crippen LogP contribution is 2.65. The summed E-state index contributed by atoms with van der Waals surface area (Å²) in [6.45, 7) is 6.75. The Morgan fingerprint density at radius 2 is 1.32 bits per heavy atom. The summed E-state index contributed by atoms with van der Waals surface area (Å²) >= 11 is 0. The minimum absolute atomic E-state index is 0.598. The van der Waals surface area contributed by atoms with Crippen molar-refractivity contribution in [3.05, 3.63) is 149 Å². The van der Waals surface area contributed by atoms with E-state index in [9.17, 15) is 0 Å². The van der Waals surface area contributed by atoms with Gasteiger partial charge in [0.05, 0.1) is 24.1 Å². The molecule has 6 heteroatoms. The lowest BCUT2D eigenvalue weighted by molar-refractivity contribution is -0.818. The molecule has 6 nitrogen and oxygen atoms in total. The van der Waals surface area contributed by atoms with Crippen LogP contribution in [-0.4, -0.2) is 9.25 Å². The molecule has 0 aliphatic carbocycles. The van der Waals surface area contributed by atoms with Crippen LogP contribution in [0.2, 0.25) is 0 Å². The molecule has 1 unspecified atom stereocenters. The number of hydrogen-bond acceptors (Lipinski definition) is 2. The van der Waals surface area contributed by atoms with Crippen LogP contribution >= 0.6 is 0 Å². The van der Waals surface area contributed by atoms with Gasteiger partial charge in [-0.25, -0.2) is 4.57 Å².